The van der Waals surface area contributed by atoms with Crippen molar-refractivity contribution < 1.29 is 29.0 Å². The fourth-order valence-electron chi connectivity index (χ4n) is 5.37. The first-order valence-electron chi connectivity index (χ1n) is 13.0. The number of rotatable bonds is 7. The second-order valence-corrected chi connectivity index (χ2v) is 12.9. The van der Waals surface area contributed by atoms with E-state index in [1.54, 1.807) is 67.8 Å². The molecule has 43 heavy (non-hydrogen) atoms. The summed E-state index contributed by atoms with van der Waals surface area (Å²) >= 11 is 5.46. The number of anilines is 2. The molecule has 10 nitrogen and oxygen atoms in total. The molecular formula is C30H24BrN3O7S2. The number of hydrogen-bond donors (Lipinski definition) is 2. The van der Waals surface area contributed by atoms with E-state index in [0.717, 1.165) is 27.6 Å². The summed E-state index contributed by atoms with van der Waals surface area (Å²) in [7, 11) is 2.96. The lowest BCUT2D eigenvalue weighted by molar-refractivity contribution is -0.122. The molecule has 2 aliphatic rings. The summed E-state index contributed by atoms with van der Waals surface area (Å²) in [5.41, 5.74) is 1.57. The molecule has 2 unspecified atom stereocenters. The third-order valence-electron chi connectivity index (χ3n) is 7.37. The molecule has 2 aliphatic heterocycles. The number of phenols is 1. The molecule has 3 atom stereocenters. The van der Waals surface area contributed by atoms with Crippen molar-refractivity contribution in [3.05, 3.63) is 91.3 Å². The van der Waals surface area contributed by atoms with Gasteiger partial charge >= 0.3 is 4.87 Å². The first-order chi connectivity index (χ1) is 20.7. The van der Waals surface area contributed by atoms with Crippen molar-refractivity contribution in [1.29, 1.82) is 0 Å². The summed E-state index contributed by atoms with van der Waals surface area (Å²) < 4.78 is 12.6. The minimum atomic E-state index is -0.849. The second kappa shape index (κ2) is 11.5. The molecule has 2 N–H and O–H groups in total. The average molecular weight is 683 g/mol. The fraction of sp³-hybridized carbons (Fsp3) is 0.200. The molecule has 0 bridgehead atoms. The van der Waals surface area contributed by atoms with Gasteiger partial charge in [-0.3, -0.25) is 23.7 Å². The lowest BCUT2D eigenvalue weighted by Crippen LogP contribution is -2.33. The van der Waals surface area contributed by atoms with E-state index < -0.39 is 34.8 Å². The Morgan fingerprint density at radius 2 is 1.70 bits per heavy atom. The van der Waals surface area contributed by atoms with Crippen molar-refractivity contribution in [1.82, 2.24) is 4.57 Å². The van der Waals surface area contributed by atoms with Crippen LogP contribution in [0.3, 0.4) is 0 Å². The predicted octanol–water partition coefficient (Wildman–Crippen LogP) is 4.83. The highest BCUT2D eigenvalue weighted by Crippen LogP contribution is 2.54. The van der Waals surface area contributed by atoms with E-state index in [2.05, 4.69) is 21.2 Å². The van der Waals surface area contributed by atoms with E-state index in [-0.39, 0.29) is 22.9 Å². The van der Waals surface area contributed by atoms with Crippen LogP contribution >= 0.6 is 39.0 Å². The van der Waals surface area contributed by atoms with Crippen LogP contribution in [0.15, 0.2) is 81.0 Å². The third kappa shape index (κ3) is 5.21. The minimum Gasteiger partial charge on any atom is -0.504 e. The van der Waals surface area contributed by atoms with Crippen LogP contribution in [0, 0.1) is 5.92 Å². The quantitative estimate of drug-likeness (QED) is 0.266. The van der Waals surface area contributed by atoms with Gasteiger partial charge < -0.3 is 19.9 Å². The molecule has 1 fully saturated rings. The van der Waals surface area contributed by atoms with Gasteiger partial charge in [0, 0.05) is 21.0 Å². The second-order valence-electron chi connectivity index (χ2n) is 9.86. The summed E-state index contributed by atoms with van der Waals surface area (Å²) in [5, 5.41) is 12.7. The molecule has 4 aromatic rings. The number of carbonyl (C=O) groups is 3. The smallest absolute Gasteiger partial charge is 0.308 e. The Morgan fingerprint density at radius 3 is 2.37 bits per heavy atom. The van der Waals surface area contributed by atoms with E-state index in [0.29, 0.717) is 32.6 Å². The van der Waals surface area contributed by atoms with Crippen molar-refractivity contribution in [3.8, 4) is 17.2 Å². The van der Waals surface area contributed by atoms with Crippen molar-refractivity contribution in [3.63, 3.8) is 0 Å². The zero-order chi connectivity index (χ0) is 30.4. The van der Waals surface area contributed by atoms with Crippen LogP contribution in [-0.2, 0) is 20.9 Å². The topological polar surface area (TPSA) is 127 Å². The number of phenolic OH excluding ortho intramolecular Hbond substituents is 1. The van der Waals surface area contributed by atoms with Gasteiger partial charge in [-0.1, -0.05) is 45.1 Å². The molecule has 13 heteroatoms. The Kier molecular flexibility index (Phi) is 7.79. The van der Waals surface area contributed by atoms with Crippen molar-refractivity contribution in [2.45, 2.75) is 22.7 Å². The Balaban J connectivity index is 1.41. The highest BCUT2D eigenvalue weighted by molar-refractivity contribution is 9.10. The van der Waals surface area contributed by atoms with Crippen LogP contribution in [0.2, 0.25) is 0 Å². The molecule has 0 spiro atoms. The van der Waals surface area contributed by atoms with Crippen LogP contribution < -0.4 is 24.6 Å². The van der Waals surface area contributed by atoms with Gasteiger partial charge in [0.1, 0.15) is 17.5 Å². The number of imide groups is 1. The number of thiazole rings is 1. The Hall–Kier alpha value is -4.07. The molecule has 1 saturated heterocycles. The van der Waals surface area contributed by atoms with Crippen LogP contribution in [0.5, 0.6) is 17.2 Å². The Labute approximate surface area is 262 Å². The van der Waals surface area contributed by atoms with Gasteiger partial charge in [-0.15, -0.1) is 0 Å². The fourth-order valence-corrected chi connectivity index (χ4v) is 8.40. The zero-order valence-corrected chi connectivity index (χ0v) is 26.0. The van der Waals surface area contributed by atoms with E-state index in [1.807, 2.05) is 0 Å². The normalized spacial score (nSPS) is 19.1. The number of fused-ring (bicyclic) bond motifs is 2. The number of nitrogens with one attached hydrogen (secondary N) is 1. The maximum atomic E-state index is 14.0. The molecule has 0 radical (unpaired) electrons. The van der Waals surface area contributed by atoms with E-state index in [9.17, 15) is 24.3 Å². The average Bonchev–Trinajstić information content (AvgIpc) is 3.44. The SMILES string of the molecule is COc1ccc(NC(=O)Cn2c3c(sc2=O)[C@@H](c2ccc(O)c(OC)c2)C2C(=O)N(c4ccc(Br)cc4)C(=O)C2S3)cc1. The van der Waals surface area contributed by atoms with Crippen LogP contribution in [0.25, 0.3) is 0 Å². The standard InChI is InChI=1S/C30H24BrN3O7S2/c1-40-19-10-6-17(7-11-19)32-22(36)14-33-29-26(43-30(33)39)23(15-3-12-20(35)21(13-15)41-2)24-25(42-29)28(38)34(27(24)37)18-8-4-16(31)5-9-18/h3-13,23-25,35H,14H2,1-2H3,(H,32,36)/t23-,24?,25?/m0/s1. The van der Waals surface area contributed by atoms with Crippen LogP contribution in [0.1, 0.15) is 16.4 Å². The van der Waals surface area contributed by atoms with Gasteiger partial charge in [-0.05, 0) is 66.2 Å². The third-order valence-corrected chi connectivity index (χ3v) is 10.5. The number of benzene rings is 3. The number of halogens is 1. The number of thioether (sulfide) groups is 1. The summed E-state index contributed by atoms with van der Waals surface area (Å²) in [6.45, 7) is -0.286. The van der Waals surface area contributed by atoms with Crippen molar-refractivity contribution in [2.24, 2.45) is 5.92 Å². The van der Waals surface area contributed by atoms with Gasteiger partial charge in [-0.2, -0.15) is 0 Å². The number of aromatic hydroxyl groups is 1. The molecule has 220 valence electrons. The lowest BCUT2D eigenvalue weighted by atomic mass is 9.83. The monoisotopic (exact) mass is 681 g/mol. The van der Waals surface area contributed by atoms with Crippen molar-refractivity contribution in [2.75, 3.05) is 24.4 Å². The number of ether oxygens (including phenoxy) is 2. The highest BCUT2D eigenvalue weighted by atomic mass is 79.9. The Bertz CT molecular complexity index is 1800. The summed E-state index contributed by atoms with van der Waals surface area (Å²) in [5.74, 6) is -2.01. The largest absolute Gasteiger partial charge is 0.504 e. The minimum absolute atomic E-state index is 0.0838. The number of hydrogen-bond acceptors (Lipinski definition) is 9. The first kappa shape index (κ1) is 29.0. The molecule has 0 aliphatic carbocycles. The molecule has 3 aromatic carbocycles. The van der Waals surface area contributed by atoms with E-state index >= 15 is 0 Å². The van der Waals surface area contributed by atoms with Crippen LogP contribution in [-0.4, -0.2) is 46.9 Å². The van der Waals surface area contributed by atoms with Gasteiger partial charge in [0.15, 0.2) is 11.5 Å². The van der Waals surface area contributed by atoms with Gasteiger partial charge in [-0.25, -0.2) is 4.90 Å². The summed E-state index contributed by atoms with van der Waals surface area (Å²) in [6.07, 6.45) is 0. The molecular weight excluding hydrogens is 658 g/mol. The number of nitrogens with zero attached hydrogens (tertiary/aromatic N) is 2. The maximum absolute atomic E-state index is 14.0. The number of aromatic nitrogens is 1. The van der Waals surface area contributed by atoms with E-state index in [4.69, 9.17) is 9.47 Å². The summed E-state index contributed by atoms with van der Waals surface area (Å²) in [6, 6.07) is 18.4. The van der Waals surface area contributed by atoms with Gasteiger partial charge in [0.25, 0.3) is 0 Å². The first-order valence-corrected chi connectivity index (χ1v) is 15.5. The molecule has 3 heterocycles. The number of methoxy groups -OCH3 is 2. The maximum Gasteiger partial charge on any atom is 0.308 e. The number of carbonyl (C=O) groups excluding carboxylic acids is 3. The highest BCUT2D eigenvalue weighted by Gasteiger charge is 2.57. The molecule has 3 amide bonds. The molecule has 6 rings (SSSR count). The predicted molar refractivity (Wildman–Crippen MR) is 166 cm³/mol. The Morgan fingerprint density at radius 1 is 0.977 bits per heavy atom. The number of amides is 3. The van der Waals surface area contributed by atoms with Crippen molar-refractivity contribution >= 4 is 68.1 Å². The summed E-state index contributed by atoms with van der Waals surface area (Å²) in [4.78, 5) is 55.7. The molecule has 0 saturated carbocycles. The van der Waals surface area contributed by atoms with Gasteiger partial charge in [0.05, 0.1) is 30.9 Å². The van der Waals surface area contributed by atoms with E-state index in [1.165, 1.54) is 22.6 Å². The molecule has 1 aromatic heterocycles. The van der Waals surface area contributed by atoms with Crippen LogP contribution in [0.4, 0.5) is 11.4 Å². The van der Waals surface area contributed by atoms with Gasteiger partial charge in [0.2, 0.25) is 17.7 Å². The lowest BCUT2D eigenvalue weighted by Gasteiger charge is -2.31. The zero-order valence-electron chi connectivity index (χ0n) is 22.8.